The molecule has 1 aliphatic carbocycles. The smallest absolute Gasteiger partial charge is 0.220 e. The van der Waals surface area contributed by atoms with E-state index in [4.69, 9.17) is 19.2 Å². The summed E-state index contributed by atoms with van der Waals surface area (Å²) in [6, 6.07) is 8.23. The molecule has 1 saturated heterocycles. The number of ether oxygens (including phenoxy) is 3. The first-order valence-electron chi connectivity index (χ1n) is 11.2. The average Bonchev–Trinajstić information content (AvgIpc) is 3.59. The second kappa shape index (κ2) is 10.3. The van der Waals surface area contributed by atoms with Gasteiger partial charge in [-0.1, -0.05) is 44.2 Å². The summed E-state index contributed by atoms with van der Waals surface area (Å²) in [7, 11) is 1.71. The molecule has 0 bridgehead atoms. The number of fused-ring (bicyclic) bond motifs is 1. The zero-order valence-corrected chi connectivity index (χ0v) is 17.7. The molecule has 2 aromatic rings. The molecule has 0 N–H and O–H groups in total. The van der Waals surface area contributed by atoms with Gasteiger partial charge in [-0.2, -0.15) is 0 Å². The third-order valence-electron chi connectivity index (χ3n) is 6.09. The molecular formula is C24H34N2O3. The van der Waals surface area contributed by atoms with Crippen molar-refractivity contribution in [2.24, 2.45) is 5.92 Å². The molecule has 1 aromatic heterocycles. The summed E-state index contributed by atoms with van der Waals surface area (Å²) in [5.41, 5.74) is 2.06. The molecule has 1 aliphatic heterocycles. The van der Waals surface area contributed by atoms with Gasteiger partial charge in [-0.05, 0) is 30.9 Å². The first-order chi connectivity index (χ1) is 14.3. The Balaban J connectivity index is 1.46. The van der Waals surface area contributed by atoms with Gasteiger partial charge in [-0.3, -0.25) is 4.90 Å². The molecule has 0 unspecified atom stereocenters. The molecule has 0 radical (unpaired) electrons. The number of para-hydroxylation sites is 1. The summed E-state index contributed by atoms with van der Waals surface area (Å²) >= 11 is 0. The fourth-order valence-corrected chi connectivity index (χ4v) is 4.17. The lowest BCUT2D eigenvalue weighted by molar-refractivity contribution is 0.0322. The molecule has 2 fully saturated rings. The number of rotatable bonds is 11. The molecule has 2 aliphatic rings. The summed E-state index contributed by atoms with van der Waals surface area (Å²) in [6.45, 7) is 5.19. The van der Waals surface area contributed by atoms with Crippen LogP contribution >= 0.6 is 0 Å². The number of hydrogen-bond acceptors (Lipinski definition) is 5. The predicted octanol–water partition coefficient (Wildman–Crippen LogP) is 4.47. The summed E-state index contributed by atoms with van der Waals surface area (Å²) in [6.07, 6.45) is 9.01. The Bertz CT molecular complexity index is 785. The van der Waals surface area contributed by atoms with E-state index >= 15 is 0 Å². The van der Waals surface area contributed by atoms with Crippen molar-refractivity contribution in [2.75, 3.05) is 46.6 Å². The molecule has 0 amide bonds. The van der Waals surface area contributed by atoms with E-state index < -0.39 is 0 Å². The molecule has 4 rings (SSSR count). The van der Waals surface area contributed by atoms with Crippen molar-refractivity contribution in [3.05, 3.63) is 29.8 Å². The van der Waals surface area contributed by atoms with Gasteiger partial charge >= 0.3 is 0 Å². The molecule has 1 aromatic carbocycles. The summed E-state index contributed by atoms with van der Waals surface area (Å²) < 4.78 is 17.5. The van der Waals surface area contributed by atoms with Crippen LogP contribution in [0.15, 0.2) is 24.3 Å². The van der Waals surface area contributed by atoms with Gasteiger partial charge in [0.05, 0.1) is 31.4 Å². The molecule has 0 atom stereocenters. The Morgan fingerprint density at radius 3 is 2.72 bits per heavy atom. The highest BCUT2D eigenvalue weighted by Crippen LogP contribution is 2.37. The number of nitrogens with zero attached hydrogens (tertiary/aromatic N) is 2. The minimum Gasteiger partial charge on any atom is -0.491 e. The first-order valence-corrected chi connectivity index (χ1v) is 11.2. The number of unbranched alkanes of at least 4 members (excludes halogenated alkanes) is 2. The number of pyridine rings is 1. The standard InChI is InChI=1S/C24H34N2O3/c1-27-24-21(9-4-2-3-7-19-11-12-19)23(20-8-5-6-10-22(20)25-24)29-18-15-26-13-16-28-17-14-26/h5-6,8,10,19H,2-4,7,9,11-18H2,1H3. The van der Waals surface area contributed by atoms with Crippen LogP contribution in [0.25, 0.3) is 10.9 Å². The van der Waals surface area contributed by atoms with Crippen LogP contribution < -0.4 is 9.47 Å². The van der Waals surface area contributed by atoms with Gasteiger partial charge in [-0.15, -0.1) is 0 Å². The predicted molar refractivity (Wildman–Crippen MR) is 116 cm³/mol. The molecule has 0 spiro atoms. The minimum absolute atomic E-state index is 0.672. The van der Waals surface area contributed by atoms with E-state index in [2.05, 4.69) is 17.0 Å². The highest BCUT2D eigenvalue weighted by molar-refractivity contribution is 5.87. The second-order valence-electron chi connectivity index (χ2n) is 8.29. The van der Waals surface area contributed by atoms with Gasteiger partial charge in [0.1, 0.15) is 12.4 Å². The van der Waals surface area contributed by atoms with Gasteiger partial charge in [-0.25, -0.2) is 4.98 Å². The summed E-state index contributed by atoms with van der Waals surface area (Å²) in [5.74, 6) is 2.70. The van der Waals surface area contributed by atoms with Crippen LogP contribution in [-0.2, 0) is 11.2 Å². The van der Waals surface area contributed by atoms with Crippen LogP contribution in [0.3, 0.4) is 0 Å². The van der Waals surface area contributed by atoms with E-state index in [1.54, 1.807) is 7.11 Å². The number of benzene rings is 1. The van der Waals surface area contributed by atoms with Gasteiger partial charge < -0.3 is 14.2 Å². The fraction of sp³-hybridized carbons (Fsp3) is 0.625. The maximum atomic E-state index is 6.40. The third kappa shape index (κ3) is 5.61. The Hall–Kier alpha value is -1.85. The lowest BCUT2D eigenvalue weighted by Crippen LogP contribution is -2.38. The molecule has 2 heterocycles. The van der Waals surface area contributed by atoms with E-state index in [-0.39, 0.29) is 0 Å². The van der Waals surface area contributed by atoms with Crippen molar-refractivity contribution in [3.63, 3.8) is 0 Å². The Morgan fingerprint density at radius 1 is 1.10 bits per heavy atom. The van der Waals surface area contributed by atoms with Crippen LogP contribution in [-0.4, -0.2) is 56.4 Å². The largest absolute Gasteiger partial charge is 0.491 e. The van der Waals surface area contributed by atoms with Crippen LogP contribution in [0.5, 0.6) is 11.6 Å². The normalized spacial score (nSPS) is 17.6. The monoisotopic (exact) mass is 398 g/mol. The van der Waals surface area contributed by atoms with Crippen molar-refractivity contribution in [3.8, 4) is 11.6 Å². The molecule has 1 saturated carbocycles. The number of hydrogen-bond donors (Lipinski definition) is 0. The highest BCUT2D eigenvalue weighted by atomic mass is 16.5. The van der Waals surface area contributed by atoms with Crippen molar-refractivity contribution >= 4 is 10.9 Å². The lowest BCUT2D eigenvalue weighted by Gasteiger charge is -2.26. The summed E-state index contributed by atoms with van der Waals surface area (Å²) in [5, 5.41) is 1.09. The quantitative estimate of drug-likeness (QED) is 0.523. The van der Waals surface area contributed by atoms with Crippen LogP contribution in [0.2, 0.25) is 0 Å². The maximum absolute atomic E-state index is 6.40. The van der Waals surface area contributed by atoms with Gasteiger partial charge in [0.25, 0.3) is 0 Å². The lowest BCUT2D eigenvalue weighted by atomic mass is 10.0. The van der Waals surface area contributed by atoms with Crippen LogP contribution in [0.4, 0.5) is 0 Å². The number of aromatic nitrogens is 1. The zero-order valence-electron chi connectivity index (χ0n) is 17.7. The molecule has 158 valence electrons. The number of morpholine rings is 1. The Labute approximate surface area is 174 Å². The van der Waals surface area contributed by atoms with Crippen LogP contribution in [0.1, 0.15) is 44.1 Å². The fourth-order valence-electron chi connectivity index (χ4n) is 4.17. The van der Waals surface area contributed by atoms with E-state index in [9.17, 15) is 0 Å². The SMILES string of the molecule is COc1nc2ccccc2c(OCCN2CCOCC2)c1CCCCCC1CC1. The van der Waals surface area contributed by atoms with E-state index in [0.29, 0.717) is 12.5 Å². The van der Waals surface area contributed by atoms with Crippen molar-refractivity contribution < 1.29 is 14.2 Å². The van der Waals surface area contributed by atoms with E-state index in [0.717, 1.165) is 73.8 Å². The van der Waals surface area contributed by atoms with Gasteiger partial charge in [0.2, 0.25) is 5.88 Å². The van der Waals surface area contributed by atoms with E-state index in [1.165, 1.54) is 32.1 Å². The molecule has 5 nitrogen and oxygen atoms in total. The Morgan fingerprint density at radius 2 is 1.93 bits per heavy atom. The van der Waals surface area contributed by atoms with Crippen LogP contribution in [0, 0.1) is 5.92 Å². The van der Waals surface area contributed by atoms with Gasteiger partial charge in [0.15, 0.2) is 0 Å². The van der Waals surface area contributed by atoms with Crippen molar-refractivity contribution in [1.82, 2.24) is 9.88 Å². The van der Waals surface area contributed by atoms with E-state index in [1.807, 2.05) is 12.1 Å². The Kier molecular flexibility index (Phi) is 7.23. The zero-order chi connectivity index (χ0) is 19.9. The number of methoxy groups -OCH3 is 1. The molecular weight excluding hydrogens is 364 g/mol. The third-order valence-corrected chi connectivity index (χ3v) is 6.09. The van der Waals surface area contributed by atoms with Crippen molar-refractivity contribution in [1.29, 1.82) is 0 Å². The van der Waals surface area contributed by atoms with Gasteiger partial charge in [0, 0.05) is 25.0 Å². The first kappa shape index (κ1) is 20.4. The molecule has 29 heavy (non-hydrogen) atoms. The van der Waals surface area contributed by atoms with Crippen molar-refractivity contribution in [2.45, 2.75) is 44.9 Å². The summed E-state index contributed by atoms with van der Waals surface area (Å²) in [4.78, 5) is 7.16. The molecule has 5 heteroatoms. The second-order valence-corrected chi connectivity index (χ2v) is 8.29. The minimum atomic E-state index is 0.672. The average molecular weight is 399 g/mol. The highest BCUT2D eigenvalue weighted by Gasteiger charge is 2.21. The maximum Gasteiger partial charge on any atom is 0.220 e. The topological polar surface area (TPSA) is 43.8 Å².